The van der Waals surface area contributed by atoms with Gasteiger partial charge in [0.25, 0.3) is 0 Å². The van der Waals surface area contributed by atoms with Crippen LogP contribution in [-0.4, -0.2) is 6.61 Å². The topological polar surface area (TPSA) is 33.0 Å². The van der Waals surface area contributed by atoms with Gasteiger partial charge in [-0.2, -0.15) is 14.0 Å². The molecule has 0 aromatic heterocycles. The minimum absolute atomic E-state index is 0.00523. The van der Waals surface area contributed by atoms with E-state index in [4.69, 9.17) is 5.26 Å². The number of nitrogens with zero attached hydrogens (tertiary/aromatic N) is 1. The molecule has 0 amide bonds. The maximum atomic E-state index is 13.2. The zero-order chi connectivity index (χ0) is 10.7. The van der Waals surface area contributed by atoms with Crippen LogP contribution in [0.25, 0.3) is 0 Å². The van der Waals surface area contributed by atoms with Crippen molar-refractivity contribution in [2.45, 2.75) is 13.5 Å². The van der Waals surface area contributed by atoms with Crippen LogP contribution in [0.15, 0.2) is 12.1 Å². The van der Waals surface area contributed by atoms with E-state index in [1.807, 2.05) is 0 Å². The van der Waals surface area contributed by atoms with Crippen LogP contribution >= 0.6 is 0 Å². The highest BCUT2D eigenvalue weighted by Gasteiger charge is 2.13. The Morgan fingerprint density at radius 2 is 2.07 bits per heavy atom. The van der Waals surface area contributed by atoms with Crippen molar-refractivity contribution in [2.24, 2.45) is 0 Å². The number of alkyl halides is 2. The molecule has 0 N–H and O–H groups in total. The fraction of sp³-hybridized carbons (Fsp3) is 0.222. The van der Waals surface area contributed by atoms with Crippen molar-refractivity contribution < 1.29 is 17.9 Å². The van der Waals surface area contributed by atoms with Crippen LogP contribution < -0.4 is 4.74 Å². The van der Waals surface area contributed by atoms with Crippen LogP contribution in [0.4, 0.5) is 13.2 Å². The maximum absolute atomic E-state index is 13.2. The summed E-state index contributed by atoms with van der Waals surface area (Å²) >= 11 is 0. The molecule has 1 aromatic carbocycles. The summed E-state index contributed by atoms with van der Waals surface area (Å²) < 4.78 is 40.6. The van der Waals surface area contributed by atoms with Crippen LogP contribution in [0.2, 0.25) is 0 Å². The van der Waals surface area contributed by atoms with E-state index >= 15 is 0 Å². The van der Waals surface area contributed by atoms with Crippen molar-refractivity contribution >= 4 is 0 Å². The number of nitriles is 1. The second-order valence-corrected chi connectivity index (χ2v) is 2.54. The van der Waals surface area contributed by atoms with E-state index in [9.17, 15) is 13.2 Å². The van der Waals surface area contributed by atoms with Crippen molar-refractivity contribution in [1.82, 2.24) is 0 Å². The highest BCUT2D eigenvalue weighted by Crippen LogP contribution is 2.24. The van der Waals surface area contributed by atoms with Gasteiger partial charge in [0.1, 0.15) is 0 Å². The van der Waals surface area contributed by atoms with Crippen molar-refractivity contribution in [1.29, 1.82) is 5.26 Å². The summed E-state index contributed by atoms with van der Waals surface area (Å²) in [5.41, 5.74) is 0.106. The van der Waals surface area contributed by atoms with Gasteiger partial charge in [-0.1, -0.05) is 0 Å². The van der Waals surface area contributed by atoms with Gasteiger partial charge in [0.15, 0.2) is 11.6 Å². The van der Waals surface area contributed by atoms with Crippen molar-refractivity contribution in [2.75, 3.05) is 0 Å². The van der Waals surface area contributed by atoms with Crippen molar-refractivity contribution in [3.05, 3.63) is 29.1 Å². The lowest BCUT2D eigenvalue weighted by atomic mass is 10.1. The van der Waals surface area contributed by atoms with E-state index < -0.39 is 18.2 Å². The second-order valence-electron chi connectivity index (χ2n) is 2.54. The molecule has 0 saturated heterocycles. The van der Waals surface area contributed by atoms with Gasteiger partial charge in [0.2, 0.25) is 0 Å². The van der Waals surface area contributed by atoms with Gasteiger partial charge in [-0.25, -0.2) is 4.39 Å². The Morgan fingerprint density at radius 3 is 2.57 bits per heavy atom. The molecule has 0 fully saturated rings. The number of rotatable bonds is 2. The average molecular weight is 201 g/mol. The molecule has 0 aliphatic carbocycles. The first-order valence-corrected chi connectivity index (χ1v) is 3.70. The minimum atomic E-state index is -3.07. The van der Waals surface area contributed by atoms with Crippen molar-refractivity contribution in [3.63, 3.8) is 0 Å². The lowest BCUT2D eigenvalue weighted by molar-refractivity contribution is -0.0522. The molecule has 0 aliphatic rings. The molecule has 0 atom stereocenters. The second kappa shape index (κ2) is 4.01. The van der Waals surface area contributed by atoms with Gasteiger partial charge in [-0.15, -0.1) is 0 Å². The fourth-order valence-electron chi connectivity index (χ4n) is 0.968. The molecule has 14 heavy (non-hydrogen) atoms. The van der Waals surface area contributed by atoms with E-state index in [0.717, 1.165) is 6.07 Å². The van der Waals surface area contributed by atoms with Crippen LogP contribution in [0, 0.1) is 24.1 Å². The molecule has 0 saturated carbocycles. The predicted octanol–water partition coefficient (Wildman–Crippen LogP) is 2.61. The zero-order valence-electron chi connectivity index (χ0n) is 7.22. The van der Waals surface area contributed by atoms with Gasteiger partial charge < -0.3 is 4.74 Å². The number of benzene rings is 1. The Labute approximate surface area is 78.5 Å². The summed E-state index contributed by atoms with van der Waals surface area (Å²) in [5.74, 6) is -1.47. The smallest absolute Gasteiger partial charge is 0.387 e. The summed E-state index contributed by atoms with van der Waals surface area (Å²) in [4.78, 5) is 0. The molecule has 0 aliphatic heterocycles. The molecule has 0 unspecified atom stereocenters. The molecule has 74 valence electrons. The summed E-state index contributed by atoms with van der Waals surface area (Å²) in [5, 5.41) is 8.51. The number of ether oxygens (including phenoxy) is 1. The lowest BCUT2D eigenvalue weighted by Gasteiger charge is -2.07. The maximum Gasteiger partial charge on any atom is 0.387 e. The van der Waals surface area contributed by atoms with Crippen LogP contribution in [0.1, 0.15) is 11.1 Å². The molecule has 0 heterocycles. The highest BCUT2D eigenvalue weighted by molar-refractivity contribution is 5.43. The average Bonchev–Trinajstić information content (AvgIpc) is 2.13. The first-order chi connectivity index (χ1) is 6.56. The standard InChI is InChI=1S/C9H6F3NO/c1-5-6(4-13)2-3-7(8(5)10)14-9(11)12/h2-3,9H,1H3. The summed E-state index contributed by atoms with van der Waals surface area (Å²) in [7, 11) is 0. The Balaban J connectivity index is 3.12. The molecule has 0 spiro atoms. The Bertz CT molecular complexity index is 384. The molecule has 0 bridgehead atoms. The van der Waals surface area contributed by atoms with Gasteiger partial charge >= 0.3 is 6.61 Å². The molecule has 2 nitrogen and oxygen atoms in total. The quantitative estimate of drug-likeness (QED) is 0.736. The first-order valence-electron chi connectivity index (χ1n) is 3.70. The van der Waals surface area contributed by atoms with Crippen molar-refractivity contribution in [3.8, 4) is 11.8 Å². The summed E-state index contributed by atoms with van der Waals surface area (Å²) in [6.45, 7) is -1.75. The molecule has 1 aromatic rings. The van der Waals surface area contributed by atoms with Crippen LogP contribution in [-0.2, 0) is 0 Å². The fourth-order valence-corrected chi connectivity index (χ4v) is 0.968. The molecule has 5 heteroatoms. The van der Waals surface area contributed by atoms with Gasteiger partial charge in [-0.3, -0.25) is 0 Å². The highest BCUT2D eigenvalue weighted by atomic mass is 19.3. The molecule has 0 radical (unpaired) electrons. The molecular formula is C9H6F3NO. The van der Waals surface area contributed by atoms with Gasteiger partial charge in [0.05, 0.1) is 11.6 Å². The van der Waals surface area contributed by atoms with E-state index in [-0.39, 0.29) is 11.1 Å². The molecular weight excluding hydrogens is 195 g/mol. The predicted molar refractivity (Wildman–Crippen MR) is 42.5 cm³/mol. The minimum Gasteiger partial charge on any atom is -0.432 e. The summed E-state index contributed by atoms with van der Waals surface area (Å²) in [6, 6.07) is 3.97. The number of halogens is 3. The normalized spacial score (nSPS) is 10.0. The number of hydrogen-bond acceptors (Lipinski definition) is 2. The van der Waals surface area contributed by atoms with Gasteiger partial charge in [-0.05, 0) is 19.1 Å². The van der Waals surface area contributed by atoms with Gasteiger partial charge in [0, 0.05) is 5.56 Å². The zero-order valence-corrected chi connectivity index (χ0v) is 7.22. The summed E-state index contributed by atoms with van der Waals surface area (Å²) in [6.07, 6.45) is 0. The SMILES string of the molecule is Cc1c(C#N)ccc(OC(F)F)c1F. The number of hydrogen-bond donors (Lipinski definition) is 0. The largest absolute Gasteiger partial charge is 0.432 e. The van der Waals surface area contributed by atoms with E-state index in [0.29, 0.717) is 0 Å². The monoisotopic (exact) mass is 201 g/mol. The third-order valence-corrected chi connectivity index (χ3v) is 1.69. The lowest BCUT2D eigenvalue weighted by Crippen LogP contribution is -2.05. The van der Waals surface area contributed by atoms with E-state index in [1.165, 1.54) is 13.0 Å². The Morgan fingerprint density at radius 1 is 1.43 bits per heavy atom. The molecule has 1 rings (SSSR count). The van der Waals surface area contributed by atoms with Crippen LogP contribution in [0.3, 0.4) is 0 Å². The van der Waals surface area contributed by atoms with E-state index in [2.05, 4.69) is 4.74 Å². The Kier molecular flexibility index (Phi) is 2.97. The first kappa shape index (κ1) is 10.4. The Hall–Kier alpha value is -1.70. The third-order valence-electron chi connectivity index (χ3n) is 1.69. The van der Waals surface area contributed by atoms with E-state index in [1.54, 1.807) is 6.07 Å². The third kappa shape index (κ3) is 1.96. The van der Waals surface area contributed by atoms with Crippen LogP contribution in [0.5, 0.6) is 5.75 Å².